The Kier molecular flexibility index (Phi) is 11.5. The molecule has 2 aliphatic heterocycles. The van der Waals surface area contributed by atoms with Gasteiger partial charge in [-0.1, -0.05) is 31.4 Å². The number of hydrogen-bond acceptors (Lipinski definition) is 4. The van der Waals surface area contributed by atoms with Crippen molar-refractivity contribution >= 4 is 17.7 Å². The molecule has 5 heteroatoms. The van der Waals surface area contributed by atoms with Crippen LogP contribution >= 0.6 is 11.8 Å². The van der Waals surface area contributed by atoms with E-state index in [1.807, 2.05) is 18.7 Å². The van der Waals surface area contributed by atoms with Crippen molar-refractivity contribution in [2.45, 2.75) is 83.3 Å². The van der Waals surface area contributed by atoms with E-state index < -0.39 is 5.97 Å². The maximum absolute atomic E-state index is 10.6. The van der Waals surface area contributed by atoms with Crippen molar-refractivity contribution in [3.05, 3.63) is 12.2 Å². The number of rotatable bonds is 16. The highest BCUT2D eigenvalue weighted by molar-refractivity contribution is 7.99. The highest BCUT2D eigenvalue weighted by Crippen LogP contribution is 2.46. The molecule has 156 valence electrons. The van der Waals surface area contributed by atoms with E-state index in [2.05, 4.69) is 12.2 Å². The maximum Gasteiger partial charge on any atom is 0.303 e. The largest absolute Gasteiger partial charge is 0.481 e. The Morgan fingerprint density at radius 2 is 1.89 bits per heavy atom. The average Bonchev–Trinajstić information content (AvgIpc) is 3.25. The summed E-state index contributed by atoms with van der Waals surface area (Å²) in [7, 11) is 0. The summed E-state index contributed by atoms with van der Waals surface area (Å²) in [5, 5.41) is 8.70. The van der Waals surface area contributed by atoms with Gasteiger partial charge in [0.15, 0.2) is 0 Å². The second-order valence-corrected chi connectivity index (χ2v) is 8.89. The fourth-order valence-electron chi connectivity index (χ4n) is 4.42. The summed E-state index contributed by atoms with van der Waals surface area (Å²) in [5.41, 5.74) is 0. The molecule has 0 spiro atoms. The van der Waals surface area contributed by atoms with Crippen molar-refractivity contribution in [2.75, 3.05) is 24.7 Å². The van der Waals surface area contributed by atoms with Crippen LogP contribution in [0, 0.1) is 11.8 Å². The zero-order valence-electron chi connectivity index (χ0n) is 16.9. The van der Waals surface area contributed by atoms with Gasteiger partial charge in [-0.2, -0.15) is 11.8 Å². The van der Waals surface area contributed by atoms with Crippen LogP contribution in [0.4, 0.5) is 0 Å². The molecule has 1 N–H and O–H groups in total. The van der Waals surface area contributed by atoms with Crippen LogP contribution in [0.3, 0.4) is 0 Å². The highest BCUT2D eigenvalue weighted by Gasteiger charge is 2.47. The minimum Gasteiger partial charge on any atom is -0.481 e. The van der Waals surface area contributed by atoms with Gasteiger partial charge < -0.3 is 14.6 Å². The molecule has 2 bridgehead atoms. The number of unbranched alkanes of at least 4 members (excludes halogenated alkanes) is 4. The van der Waals surface area contributed by atoms with Gasteiger partial charge in [0.1, 0.15) is 0 Å². The van der Waals surface area contributed by atoms with Gasteiger partial charge in [-0.05, 0) is 63.0 Å². The zero-order valence-corrected chi connectivity index (χ0v) is 17.8. The lowest BCUT2D eigenvalue weighted by atomic mass is 9.77. The van der Waals surface area contributed by atoms with Gasteiger partial charge >= 0.3 is 5.97 Å². The zero-order chi connectivity index (χ0) is 19.3. The molecule has 0 aromatic carbocycles. The topological polar surface area (TPSA) is 55.8 Å². The van der Waals surface area contributed by atoms with Crippen molar-refractivity contribution in [1.82, 2.24) is 0 Å². The van der Waals surface area contributed by atoms with Crippen LogP contribution < -0.4 is 0 Å². The first-order valence-electron chi connectivity index (χ1n) is 10.9. The Labute approximate surface area is 169 Å². The molecule has 2 fully saturated rings. The molecule has 4 nitrogen and oxygen atoms in total. The van der Waals surface area contributed by atoms with Gasteiger partial charge in [0, 0.05) is 25.4 Å². The smallest absolute Gasteiger partial charge is 0.303 e. The number of aliphatic carboxylic acids is 1. The van der Waals surface area contributed by atoms with Crippen molar-refractivity contribution in [3.8, 4) is 0 Å². The number of carboxylic acids is 1. The first kappa shape index (κ1) is 22.8. The number of allylic oxidation sites excluding steroid dienone is 1. The average molecular weight is 399 g/mol. The number of carboxylic acid groups (broad SMARTS) is 1. The number of hydrogen-bond donors (Lipinski definition) is 1. The summed E-state index contributed by atoms with van der Waals surface area (Å²) in [6.07, 6.45) is 16.1. The predicted molar refractivity (Wildman–Crippen MR) is 112 cm³/mol. The first-order valence-corrected chi connectivity index (χ1v) is 12.1. The molecule has 0 amide bonds. The standard InChI is InChI=1S/C22H38O4S/c1-2-25-15-9-5-6-10-16-27-17-19-18(20-13-14-21(19)26-20)11-7-3-4-8-12-22(23)24/h6,10,18-21H,2-5,7-9,11-17H2,1H3,(H,23,24). The van der Waals surface area contributed by atoms with E-state index >= 15 is 0 Å². The van der Waals surface area contributed by atoms with E-state index in [-0.39, 0.29) is 0 Å². The first-order chi connectivity index (χ1) is 13.2. The molecule has 0 aliphatic carbocycles. The third kappa shape index (κ3) is 8.57. The Morgan fingerprint density at radius 3 is 2.67 bits per heavy atom. The van der Waals surface area contributed by atoms with E-state index in [4.69, 9.17) is 14.6 Å². The lowest BCUT2D eigenvalue weighted by Crippen LogP contribution is -2.29. The molecule has 2 heterocycles. The van der Waals surface area contributed by atoms with E-state index in [1.54, 1.807) is 0 Å². The van der Waals surface area contributed by atoms with Crippen LogP contribution in [0.2, 0.25) is 0 Å². The van der Waals surface area contributed by atoms with Gasteiger partial charge in [-0.3, -0.25) is 4.79 Å². The molecular weight excluding hydrogens is 360 g/mol. The predicted octanol–water partition coefficient (Wildman–Crippen LogP) is 5.31. The monoisotopic (exact) mass is 398 g/mol. The molecule has 2 rings (SSSR count). The van der Waals surface area contributed by atoms with Crippen LogP contribution in [0.5, 0.6) is 0 Å². The van der Waals surface area contributed by atoms with Crippen LogP contribution in [0.1, 0.15) is 71.1 Å². The Balaban J connectivity index is 1.57. The van der Waals surface area contributed by atoms with E-state index in [0.717, 1.165) is 62.9 Å². The van der Waals surface area contributed by atoms with Crippen molar-refractivity contribution in [3.63, 3.8) is 0 Å². The summed E-state index contributed by atoms with van der Waals surface area (Å²) >= 11 is 2.05. The third-order valence-corrected chi connectivity index (χ3v) is 6.87. The summed E-state index contributed by atoms with van der Waals surface area (Å²) in [4.78, 5) is 10.6. The summed E-state index contributed by atoms with van der Waals surface area (Å²) in [5.74, 6) is 3.10. The number of carbonyl (C=O) groups is 1. The maximum atomic E-state index is 10.6. The SMILES string of the molecule is CCOCCCC=CCSCC1C2CCC(O2)C1CCCCCCC(=O)O. The molecule has 0 radical (unpaired) electrons. The van der Waals surface area contributed by atoms with Crippen LogP contribution in [0.15, 0.2) is 12.2 Å². The van der Waals surface area contributed by atoms with Gasteiger partial charge in [-0.15, -0.1) is 0 Å². The van der Waals surface area contributed by atoms with Crippen molar-refractivity contribution in [2.24, 2.45) is 11.8 Å². The number of thioether (sulfide) groups is 1. The van der Waals surface area contributed by atoms with Crippen molar-refractivity contribution < 1.29 is 19.4 Å². The second kappa shape index (κ2) is 13.6. The summed E-state index contributed by atoms with van der Waals surface area (Å²) in [6.45, 7) is 3.72. The Hall–Kier alpha value is -0.520. The van der Waals surface area contributed by atoms with E-state index in [9.17, 15) is 4.79 Å². The molecule has 0 aromatic heterocycles. The third-order valence-electron chi connectivity index (χ3n) is 5.82. The number of fused-ring (bicyclic) bond motifs is 2. The molecule has 4 atom stereocenters. The number of ether oxygens (including phenoxy) is 2. The van der Waals surface area contributed by atoms with E-state index in [1.165, 1.54) is 31.4 Å². The Morgan fingerprint density at radius 1 is 1.11 bits per heavy atom. The summed E-state index contributed by atoms with van der Waals surface area (Å²) in [6, 6.07) is 0. The second-order valence-electron chi connectivity index (χ2n) is 7.81. The lowest BCUT2D eigenvalue weighted by Gasteiger charge is -2.27. The normalized spacial score (nSPS) is 27.0. The van der Waals surface area contributed by atoms with Gasteiger partial charge in [0.25, 0.3) is 0 Å². The fraction of sp³-hybridized carbons (Fsp3) is 0.864. The van der Waals surface area contributed by atoms with Crippen molar-refractivity contribution in [1.29, 1.82) is 0 Å². The van der Waals surface area contributed by atoms with Crippen LogP contribution in [0.25, 0.3) is 0 Å². The molecular formula is C22H38O4S. The molecule has 0 saturated carbocycles. The van der Waals surface area contributed by atoms with Gasteiger partial charge in [0.2, 0.25) is 0 Å². The molecule has 27 heavy (non-hydrogen) atoms. The summed E-state index contributed by atoms with van der Waals surface area (Å²) < 4.78 is 11.6. The molecule has 2 aliphatic rings. The molecule has 0 aromatic rings. The molecule has 4 unspecified atom stereocenters. The van der Waals surface area contributed by atoms with E-state index in [0.29, 0.717) is 18.6 Å². The Bertz CT molecular complexity index is 440. The van der Waals surface area contributed by atoms with Crippen LogP contribution in [-0.2, 0) is 14.3 Å². The van der Waals surface area contributed by atoms with Gasteiger partial charge in [-0.25, -0.2) is 0 Å². The quantitative estimate of drug-likeness (QED) is 0.282. The molecule has 2 saturated heterocycles. The van der Waals surface area contributed by atoms with Crippen LogP contribution in [-0.4, -0.2) is 48.0 Å². The minimum absolute atomic E-state index is 0.315. The minimum atomic E-state index is -0.670. The highest BCUT2D eigenvalue weighted by atomic mass is 32.2. The fourth-order valence-corrected chi connectivity index (χ4v) is 5.56. The van der Waals surface area contributed by atoms with Gasteiger partial charge in [0.05, 0.1) is 12.2 Å². The lowest BCUT2D eigenvalue weighted by molar-refractivity contribution is -0.137.